The van der Waals surface area contributed by atoms with Gasteiger partial charge < -0.3 is 4.90 Å². The molecule has 3 aromatic rings. The van der Waals surface area contributed by atoms with Crippen molar-refractivity contribution in [2.24, 2.45) is 0 Å². The Morgan fingerprint density at radius 1 is 1.12 bits per heavy atom. The minimum Gasteiger partial charge on any atom is -0.308 e. The van der Waals surface area contributed by atoms with Crippen LogP contribution in [0.2, 0.25) is 5.02 Å². The molecule has 0 aliphatic heterocycles. The van der Waals surface area contributed by atoms with E-state index in [9.17, 15) is 13.2 Å². The van der Waals surface area contributed by atoms with Crippen molar-refractivity contribution in [1.82, 2.24) is 9.88 Å². The molecule has 1 heterocycles. The molecule has 3 rings (SSSR count). The van der Waals surface area contributed by atoms with Gasteiger partial charge in [0.1, 0.15) is 0 Å². The van der Waals surface area contributed by atoms with E-state index in [0.717, 1.165) is 15.1 Å². The third-order valence-electron chi connectivity index (χ3n) is 4.87. The van der Waals surface area contributed by atoms with E-state index in [0.29, 0.717) is 23.2 Å². The number of amides is 1. The fraction of sp³-hybridized carbons (Fsp3) is 0.364. The average Bonchev–Trinajstić information content (AvgIpc) is 3.17. The number of anilines is 1. The molecule has 0 bridgehead atoms. The number of thioether (sulfide) groups is 1. The first-order chi connectivity index (χ1) is 15.2. The molecule has 0 saturated heterocycles. The van der Waals surface area contributed by atoms with Gasteiger partial charge in [-0.05, 0) is 63.2 Å². The Morgan fingerprint density at radius 2 is 1.84 bits per heavy atom. The number of thiazole rings is 1. The second-order valence-electron chi connectivity index (χ2n) is 7.53. The van der Waals surface area contributed by atoms with Gasteiger partial charge in [0, 0.05) is 29.4 Å². The van der Waals surface area contributed by atoms with E-state index in [1.165, 1.54) is 23.5 Å². The van der Waals surface area contributed by atoms with Crippen LogP contribution in [-0.4, -0.2) is 63.4 Å². The van der Waals surface area contributed by atoms with Crippen LogP contribution in [-0.2, 0) is 14.6 Å². The third-order valence-corrected chi connectivity index (χ3v) is 8.75. The van der Waals surface area contributed by atoms with E-state index in [1.807, 2.05) is 43.5 Å². The first-order valence-electron chi connectivity index (χ1n) is 10.1. The fourth-order valence-corrected chi connectivity index (χ4v) is 6.23. The van der Waals surface area contributed by atoms with Gasteiger partial charge in [-0.25, -0.2) is 13.4 Å². The summed E-state index contributed by atoms with van der Waals surface area (Å²) in [5, 5.41) is 1.13. The summed E-state index contributed by atoms with van der Waals surface area (Å²) in [4.78, 5) is 22.8. The Hall–Kier alpha value is -1.65. The zero-order valence-electron chi connectivity index (χ0n) is 18.2. The van der Waals surface area contributed by atoms with E-state index in [4.69, 9.17) is 16.6 Å². The van der Waals surface area contributed by atoms with Crippen LogP contribution in [0, 0.1) is 0 Å². The first kappa shape index (κ1) is 25.0. The molecule has 1 aromatic heterocycles. The number of carbonyl (C=O) groups is 1. The standard InChI is InChI=1S/C22H26ClN3O3S3/c1-25(2)13-14-26(22-24-21-18(30-3)6-4-7-19(21)31-22)20(27)8-5-15-32(28,29)17-11-9-16(23)10-12-17/h4,6-7,9-12H,5,8,13-15H2,1-3H3. The van der Waals surface area contributed by atoms with E-state index in [-0.39, 0.29) is 29.4 Å². The average molecular weight is 512 g/mol. The van der Waals surface area contributed by atoms with Gasteiger partial charge in [0.25, 0.3) is 0 Å². The maximum absolute atomic E-state index is 13.1. The van der Waals surface area contributed by atoms with E-state index in [1.54, 1.807) is 28.8 Å². The summed E-state index contributed by atoms with van der Waals surface area (Å²) < 4.78 is 26.2. The van der Waals surface area contributed by atoms with Crippen LogP contribution in [0.25, 0.3) is 10.2 Å². The van der Waals surface area contributed by atoms with Crippen LogP contribution in [0.15, 0.2) is 52.3 Å². The SMILES string of the molecule is CSc1cccc2sc(N(CCN(C)C)C(=O)CCCS(=O)(=O)c3ccc(Cl)cc3)nc12. The van der Waals surface area contributed by atoms with Crippen LogP contribution in [0.4, 0.5) is 5.13 Å². The Bertz CT molecular complexity index is 1180. The zero-order chi connectivity index (χ0) is 23.3. The van der Waals surface area contributed by atoms with Crippen molar-refractivity contribution in [3.8, 4) is 0 Å². The highest BCUT2D eigenvalue weighted by molar-refractivity contribution is 7.98. The summed E-state index contributed by atoms with van der Waals surface area (Å²) in [6, 6.07) is 12.1. The molecule has 0 N–H and O–H groups in total. The molecule has 2 aromatic carbocycles. The van der Waals surface area contributed by atoms with Crippen molar-refractivity contribution in [3.63, 3.8) is 0 Å². The van der Waals surface area contributed by atoms with Crippen molar-refractivity contribution in [3.05, 3.63) is 47.5 Å². The lowest BCUT2D eigenvalue weighted by Crippen LogP contribution is -2.36. The number of rotatable bonds is 10. The Kier molecular flexibility index (Phi) is 8.57. The molecule has 0 radical (unpaired) electrons. The van der Waals surface area contributed by atoms with Crippen LogP contribution in [0.1, 0.15) is 12.8 Å². The number of aromatic nitrogens is 1. The van der Waals surface area contributed by atoms with Gasteiger partial charge in [-0.1, -0.05) is 29.0 Å². The molecule has 1 amide bonds. The number of halogens is 1. The maximum atomic E-state index is 13.1. The van der Waals surface area contributed by atoms with Crippen molar-refractivity contribution < 1.29 is 13.2 Å². The molecule has 0 saturated carbocycles. The Morgan fingerprint density at radius 3 is 2.50 bits per heavy atom. The van der Waals surface area contributed by atoms with E-state index in [2.05, 4.69) is 0 Å². The van der Waals surface area contributed by atoms with Gasteiger partial charge in [-0.15, -0.1) is 11.8 Å². The second-order valence-corrected chi connectivity index (χ2v) is 11.9. The summed E-state index contributed by atoms with van der Waals surface area (Å²) in [6.07, 6.45) is 2.37. The number of fused-ring (bicyclic) bond motifs is 1. The largest absolute Gasteiger partial charge is 0.308 e. The third kappa shape index (κ3) is 6.23. The van der Waals surface area contributed by atoms with Crippen molar-refractivity contribution >= 4 is 65.8 Å². The van der Waals surface area contributed by atoms with Gasteiger partial charge in [-0.3, -0.25) is 9.69 Å². The molecule has 0 unspecified atom stereocenters. The van der Waals surface area contributed by atoms with Crippen molar-refractivity contribution in [1.29, 1.82) is 0 Å². The molecular formula is C22H26ClN3O3S3. The monoisotopic (exact) mass is 511 g/mol. The minimum atomic E-state index is -3.47. The predicted octanol–water partition coefficient (Wildman–Crippen LogP) is 4.82. The van der Waals surface area contributed by atoms with E-state index >= 15 is 0 Å². The molecule has 0 aliphatic carbocycles. The lowest BCUT2D eigenvalue weighted by atomic mass is 10.3. The molecule has 32 heavy (non-hydrogen) atoms. The smallest absolute Gasteiger partial charge is 0.228 e. The van der Waals surface area contributed by atoms with Crippen LogP contribution < -0.4 is 4.90 Å². The number of hydrogen-bond donors (Lipinski definition) is 0. The molecular weight excluding hydrogens is 486 g/mol. The number of carbonyl (C=O) groups excluding carboxylic acids is 1. The zero-order valence-corrected chi connectivity index (χ0v) is 21.5. The lowest BCUT2D eigenvalue weighted by Gasteiger charge is -2.22. The van der Waals surface area contributed by atoms with Crippen molar-refractivity contribution in [2.75, 3.05) is 44.1 Å². The number of para-hydroxylation sites is 1. The quantitative estimate of drug-likeness (QED) is 0.363. The summed E-state index contributed by atoms with van der Waals surface area (Å²) >= 11 is 8.95. The molecule has 6 nitrogen and oxygen atoms in total. The Labute approximate surface area is 202 Å². The topological polar surface area (TPSA) is 70.6 Å². The van der Waals surface area contributed by atoms with Gasteiger partial charge in [0.05, 0.1) is 20.9 Å². The number of likely N-dealkylation sites (N-methyl/N-ethyl adjacent to an activating group) is 1. The molecule has 0 atom stereocenters. The molecule has 0 fully saturated rings. The summed E-state index contributed by atoms with van der Waals surface area (Å²) in [6.45, 7) is 1.17. The summed E-state index contributed by atoms with van der Waals surface area (Å²) in [5.74, 6) is -0.221. The number of hydrogen-bond acceptors (Lipinski definition) is 7. The maximum Gasteiger partial charge on any atom is 0.228 e. The molecule has 0 spiro atoms. The molecule has 0 aliphatic rings. The van der Waals surface area contributed by atoms with Gasteiger partial charge in [0.15, 0.2) is 15.0 Å². The normalized spacial score (nSPS) is 11.9. The minimum absolute atomic E-state index is 0.0988. The predicted molar refractivity (Wildman–Crippen MR) is 135 cm³/mol. The highest BCUT2D eigenvalue weighted by Crippen LogP contribution is 2.34. The molecule has 10 heteroatoms. The summed E-state index contributed by atoms with van der Waals surface area (Å²) in [7, 11) is 0.428. The van der Waals surface area contributed by atoms with Crippen molar-refractivity contribution in [2.45, 2.75) is 22.6 Å². The number of nitrogens with zero attached hydrogens (tertiary/aromatic N) is 3. The first-order valence-corrected chi connectivity index (χ1v) is 14.2. The second kappa shape index (κ2) is 11.0. The number of sulfone groups is 1. The highest BCUT2D eigenvalue weighted by atomic mass is 35.5. The van der Waals surface area contributed by atoms with Crippen LogP contribution in [0.5, 0.6) is 0 Å². The fourth-order valence-electron chi connectivity index (χ4n) is 3.13. The Balaban J connectivity index is 1.74. The number of benzene rings is 2. The highest BCUT2D eigenvalue weighted by Gasteiger charge is 2.22. The molecule has 172 valence electrons. The van der Waals surface area contributed by atoms with Gasteiger partial charge >= 0.3 is 0 Å². The van der Waals surface area contributed by atoms with E-state index < -0.39 is 9.84 Å². The van der Waals surface area contributed by atoms with Crippen LogP contribution in [0.3, 0.4) is 0 Å². The van der Waals surface area contributed by atoms with Gasteiger partial charge in [-0.2, -0.15) is 0 Å². The lowest BCUT2D eigenvalue weighted by molar-refractivity contribution is -0.118. The summed E-state index contributed by atoms with van der Waals surface area (Å²) in [5.41, 5.74) is 0.896. The van der Waals surface area contributed by atoms with Gasteiger partial charge in [0.2, 0.25) is 5.91 Å². The van der Waals surface area contributed by atoms with Crippen LogP contribution >= 0.6 is 34.7 Å².